The third kappa shape index (κ3) is 4.45. The van der Waals surface area contributed by atoms with E-state index < -0.39 is 29.7 Å². The molecule has 0 aromatic heterocycles. The zero-order valence-corrected chi connectivity index (χ0v) is 16.3. The van der Waals surface area contributed by atoms with Crippen LogP contribution in [0.4, 0.5) is 4.39 Å². The zero-order valence-electron chi connectivity index (χ0n) is 16.3. The van der Waals surface area contributed by atoms with Gasteiger partial charge in [-0.05, 0) is 41.3 Å². The number of carbonyl (C=O) groups excluding carboxylic acids is 2. The predicted molar refractivity (Wildman–Crippen MR) is 105 cm³/mol. The largest absolute Gasteiger partial charge is 0.481 e. The van der Waals surface area contributed by atoms with E-state index in [2.05, 4.69) is 5.32 Å². The minimum atomic E-state index is -0.994. The summed E-state index contributed by atoms with van der Waals surface area (Å²) in [5, 5.41) is 12.3. The van der Waals surface area contributed by atoms with Crippen LogP contribution in [0.5, 0.6) is 0 Å². The molecule has 0 radical (unpaired) electrons. The van der Waals surface area contributed by atoms with E-state index in [0.29, 0.717) is 5.56 Å². The van der Waals surface area contributed by atoms with E-state index in [1.54, 1.807) is 26.0 Å². The number of benzene rings is 2. The molecule has 2 aromatic carbocycles. The molecule has 1 aliphatic heterocycles. The van der Waals surface area contributed by atoms with Crippen molar-refractivity contribution in [2.75, 3.05) is 6.54 Å². The lowest BCUT2D eigenvalue weighted by Gasteiger charge is -2.36. The molecule has 7 heteroatoms. The van der Waals surface area contributed by atoms with Crippen molar-refractivity contribution in [3.8, 4) is 0 Å². The summed E-state index contributed by atoms with van der Waals surface area (Å²) in [6.07, 6.45) is 0. The summed E-state index contributed by atoms with van der Waals surface area (Å²) < 4.78 is 13.1. The second kappa shape index (κ2) is 8.43. The van der Waals surface area contributed by atoms with Crippen molar-refractivity contribution in [1.82, 2.24) is 10.2 Å². The van der Waals surface area contributed by atoms with Crippen molar-refractivity contribution in [1.29, 1.82) is 0 Å². The highest BCUT2D eigenvalue weighted by Gasteiger charge is 2.36. The Morgan fingerprint density at radius 3 is 2.38 bits per heavy atom. The molecule has 1 heterocycles. The third-order valence-electron chi connectivity index (χ3n) is 5.13. The van der Waals surface area contributed by atoms with Gasteiger partial charge in [-0.3, -0.25) is 14.4 Å². The number of fused-ring (bicyclic) bond motifs is 1. The van der Waals surface area contributed by atoms with Gasteiger partial charge in [-0.15, -0.1) is 0 Å². The van der Waals surface area contributed by atoms with Crippen LogP contribution in [0.3, 0.4) is 0 Å². The second-order valence-electron chi connectivity index (χ2n) is 7.51. The van der Waals surface area contributed by atoms with Gasteiger partial charge in [0.2, 0.25) is 5.91 Å². The molecule has 0 fully saturated rings. The van der Waals surface area contributed by atoms with E-state index in [1.165, 1.54) is 29.2 Å². The molecular weight excluding hydrogens is 375 g/mol. The van der Waals surface area contributed by atoms with Gasteiger partial charge in [-0.25, -0.2) is 4.39 Å². The molecule has 0 spiro atoms. The smallest absolute Gasteiger partial charge is 0.312 e. The number of aliphatic carboxylic acids is 1. The van der Waals surface area contributed by atoms with Gasteiger partial charge in [0, 0.05) is 18.7 Å². The number of nitrogens with one attached hydrogen (secondary N) is 1. The van der Waals surface area contributed by atoms with Crippen molar-refractivity contribution >= 4 is 17.8 Å². The van der Waals surface area contributed by atoms with Gasteiger partial charge in [0.1, 0.15) is 11.9 Å². The lowest BCUT2D eigenvalue weighted by molar-refractivity contribution is -0.142. The molecule has 0 saturated heterocycles. The van der Waals surface area contributed by atoms with Crippen LogP contribution in [0.2, 0.25) is 0 Å². The highest BCUT2D eigenvalue weighted by Crippen LogP contribution is 2.29. The Bertz CT molecular complexity index is 927. The van der Waals surface area contributed by atoms with Crippen molar-refractivity contribution in [2.24, 2.45) is 5.92 Å². The van der Waals surface area contributed by atoms with Gasteiger partial charge in [-0.1, -0.05) is 38.1 Å². The quantitative estimate of drug-likeness (QED) is 0.811. The summed E-state index contributed by atoms with van der Waals surface area (Å²) in [5.41, 5.74) is 1.74. The normalized spacial score (nSPS) is 16.8. The molecule has 2 atom stereocenters. The maximum atomic E-state index is 13.2. The Labute approximate surface area is 168 Å². The summed E-state index contributed by atoms with van der Waals surface area (Å²) in [6.45, 7) is 3.94. The van der Waals surface area contributed by atoms with E-state index in [4.69, 9.17) is 0 Å². The van der Waals surface area contributed by atoms with Crippen LogP contribution >= 0.6 is 0 Å². The average Bonchev–Trinajstić information content (AvgIpc) is 2.70. The number of rotatable bonds is 5. The van der Waals surface area contributed by atoms with E-state index in [1.807, 2.05) is 12.1 Å². The Morgan fingerprint density at radius 2 is 1.76 bits per heavy atom. The first-order valence-electron chi connectivity index (χ1n) is 9.43. The summed E-state index contributed by atoms with van der Waals surface area (Å²) >= 11 is 0. The molecular formula is C22H23FN2O4. The molecule has 0 bridgehead atoms. The number of halogens is 1. The van der Waals surface area contributed by atoms with Crippen LogP contribution in [0.1, 0.15) is 41.3 Å². The van der Waals surface area contributed by atoms with Gasteiger partial charge in [0.25, 0.3) is 5.91 Å². The van der Waals surface area contributed by atoms with Gasteiger partial charge >= 0.3 is 5.97 Å². The summed E-state index contributed by atoms with van der Waals surface area (Å²) in [5.74, 6) is -3.30. The summed E-state index contributed by atoms with van der Waals surface area (Å²) in [6, 6.07) is 11.4. The topological polar surface area (TPSA) is 86.7 Å². The van der Waals surface area contributed by atoms with E-state index in [0.717, 1.165) is 5.56 Å². The van der Waals surface area contributed by atoms with Crippen LogP contribution in [0.15, 0.2) is 48.5 Å². The highest BCUT2D eigenvalue weighted by atomic mass is 19.1. The van der Waals surface area contributed by atoms with Crippen molar-refractivity contribution in [3.05, 3.63) is 71.0 Å². The molecule has 0 aliphatic carbocycles. The number of hydrogen-bond donors (Lipinski definition) is 2. The van der Waals surface area contributed by atoms with Crippen molar-refractivity contribution in [2.45, 2.75) is 32.4 Å². The number of amides is 2. The molecule has 1 aliphatic rings. The van der Waals surface area contributed by atoms with E-state index in [-0.39, 0.29) is 30.5 Å². The standard InChI is InChI=1S/C22H23FN2O4/c1-13(2)19(24-20(26)14-7-9-16(23)10-8-14)21(27)25-11-15-5-3-4-6-17(15)18(12-25)22(28)29/h3-10,13,18-19H,11-12H2,1-2H3,(H,24,26)(H,28,29). The fraction of sp³-hybridized carbons (Fsp3) is 0.318. The molecule has 2 N–H and O–H groups in total. The fourth-order valence-electron chi connectivity index (χ4n) is 3.52. The first-order chi connectivity index (χ1) is 13.8. The van der Waals surface area contributed by atoms with Gasteiger partial charge in [-0.2, -0.15) is 0 Å². The number of carbonyl (C=O) groups is 3. The number of hydrogen-bond acceptors (Lipinski definition) is 3. The molecule has 6 nitrogen and oxygen atoms in total. The fourth-order valence-corrected chi connectivity index (χ4v) is 3.52. The van der Waals surface area contributed by atoms with Crippen LogP contribution < -0.4 is 5.32 Å². The van der Waals surface area contributed by atoms with Gasteiger partial charge < -0.3 is 15.3 Å². The van der Waals surface area contributed by atoms with Crippen molar-refractivity contribution in [3.63, 3.8) is 0 Å². The maximum Gasteiger partial charge on any atom is 0.312 e. The first kappa shape index (κ1) is 20.5. The highest BCUT2D eigenvalue weighted by molar-refractivity contribution is 5.97. The summed E-state index contributed by atoms with van der Waals surface area (Å²) in [4.78, 5) is 39.0. The molecule has 2 aromatic rings. The van der Waals surface area contributed by atoms with Crippen LogP contribution in [-0.4, -0.2) is 40.4 Å². The van der Waals surface area contributed by atoms with Crippen molar-refractivity contribution < 1.29 is 23.9 Å². The van der Waals surface area contributed by atoms with Crippen LogP contribution in [0.25, 0.3) is 0 Å². The predicted octanol–water partition coefficient (Wildman–Crippen LogP) is 2.79. The first-order valence-corrected chi connectivity index (χ1v) is 9.43. The average molecular weight is 398 g/mol. The Kier molecular flexibility index (Phi) is 5.96. The van der Waals surface area contributed by atoms with Crippen LogP contribution in [-0.2, 0) is 16.1 Å². The molecule has 2 amide bonds. The number of carboxylic acid groups (broad SMARTS) is 1. The molecule has 2 unspecified atom stereocenters. The minimum absolute atomic E-state index is 0.0425. The summed E-state index contributed by atoms with van der Waals surface area (Å²) in [7, 11) is 0. The molecule has 0 saturated carbocycles. The SMILES string of the molecule is CC(C)C(NC(=O)c1ccc(F)cc1)C(=O)N1Cc2ccccc2C(C(=O)O)C1. The lowest BCUT2D eigenvalue weighted by Crippen LogP contribution is -2.53. The third-order valence-corrected chi connectivity index (χ3v) is 5.13. The monoisotopic (exact) mass is 398 g/mol. The van der Waals surface area contributed by atoms with Gasteiger partial charge in [0.15, 0.2) is 0 Å². The minimum Gasteiger partial charge on any atom is -0.481 e. The number of carboxylic acids is 1. The molecule has 152 valence electrons. The zero-order chi connectivity index (χ0) is 21.1. The Hall–Kier alpha value is -3.22. The second-order valence-corrected chi connectivity index (χ2v) is 7.51. The van der Waals surface area contributed by atoms with E-state index >= 15 is 0 Å². The Morgan fingerprint density at radius 1 is 1.10 bits per heavy atom. The Balaban J connectivity index is 1.81. The number of nitrogens with zero attached hydrogens (tertiary/aromatic N) is 1. The van der Waals surface area contributed by atoms with E-state index in [9.17, 15) is 23.9 Å². The molecule has 29 heavy (non-hydrogen) atoms. The molecule has 3 rings (SSSR count). The lowest BCUT2D eigenvalue weighted by atomic mass is 9.89. The maximum absolute atomic E-state index is 13.2. The van der Waals surface area contributed by atoms with Gasteiger partial charge in [0.05, 0.1) is 5.92 Å². The van der Waals surface area contributed by atoms with Crippen LogP contribution in [0, 0.1) is 11.7 Å².